The van der Waals surface area contributed by atoms with Gasteiger partial charge in [0, 0.05) is 31.5 Å². The maximum Gasteiger partial charge on any atom is 0.410 e. The first kappa shape index (κ1) is 21.8. The van der Waals surface area contributed by atoms with Crippen LogP contribution in [0.5, 0.6) is 0 Å². The number of rotatable bonds is 5. The van der Waals surface area contributed by atoms with Crippen molar-refractivity contribution in [2.75, 3.05) is 19.7 Å². The Hall–Kier alpha value is -3.00. The highest BCUT2D eigenvalue weighted by atomic mass is 16.6. The number of aromatic nitrogens is 4. The van der Waals surface area contributed by atoms with Crippen molar-refractivity contribution >= 4 is 17.1 Å². The van der Waals surface area contributed by atoms with E-state index < -0.39 is 5.60 Å². The van der Waals surface area contributed by atoms with Gasteiger partial charge in [0.15, 0.2) is 0 Å². The molecule has 1 N–H and O–H groups in total. The van der Waals surface area contributed by atoms with Gasteiger partial charge in [-0.3, -0.25) is 9.67 Å². The quantitative estimate of drug-likeness (QED) is 0.636. The van der Waals surface area contributed by atoms with Gasteiger partial charge in [-0.15, -0.1) is 0 Å². The molecular formula is C25H31N5O3. The minimum absolute atomic E-state index is 0.234. The third-order valence-electron chi connectivity index (χ3n) is 6.48. The number of hydrogen-bond acceptors (Lipinski definition) is 6. The smallest absolute Gasteiger partial charge is 0.410 e. The standard InChI is InChI=1S/C25H31N5O3/c1-25(2,3)33-24(32)29-12-18(13-29)6-16-4-5-21-22(9-16)28-23(11-26-21)19-10-27-30(14-19)20-7-17(8-20)15-31/h4-5,9-11,14,17-18,20,31H,6-8,12-13,15H2,1-3H3. The van der Waals surface area contributed by atoms with Gasteiger partial charge < -0.3 is 14.7 Å². The Morgan fingerprint density at radius 3 is 2.67 bits per heavy atom. The number of benzene rings is 1. The van der Waals surface area contributed by atoms with Gasteiger partial charge in [0.05, 0.1) is 35.2 Å². The molecule has 3 aromatic rings. The molecule has 0 bridgehead atoms. The van der Waals surface area contributed by atoms with Crippen molar-refractivity contribution in [1.29, 1.82) is 0 Å². The van der Waals surface area contributed by atoms with E-state index in [1.54, 1.807) is 11.1 Å². The second-order valence-electron chi connectivity index (χ2n) is 10.4. The van der Waals surface area contributed by atoms with Crippen LogP contribution < -0.4 is 0 Å². The minimum Gasteiger partial charge on any atom is -0.444 e. The summed E-state index contributed by atoms with van der Waals surface area (Å²) in [5.74, 6) is 0.822. The summed E-state index contributed by atoms with van der Waals surface area (Å²) in [6, 6.07) is 6.57. The summed E-state index contributed by atoms with van der Waals surface area (Å²) in [7, 11) is 0. The Morgan fingerprint density at radius 2 is 1.94 bits per heavy atom. The molecule has 2 aromatic heterocycles. The molecule has 0 radical (unpaired) electrons. The molecule has 8 nitrogen and oxygen atoms in total. The van der Waals surface area contributed by atoms with Crippen LogP contribution >= 0.6 is 0 Å². The van der Waals surface area contributed by atoms with E-state index in [1.165, 1.54) is 5.56 Å². The van der Waals surface area contributed by atoms with E-state index >= 15 is 0 Å². The molecule has 1 aromatic carbocycles. The van der Waals surface area contributed by atoms with Crippen molar-refractivity contribution in [3.05, 3.63) is 42.4 Å². The summed E-state index contributed by atoms with van der Waals surface area (Å²) in [4.78, 5) is 23.4. The highest BCUT2D eigenvalue weighted by Crippen LogP contribution is 2.37. The molecule has 174 valence electrons. The number of amides is 1. The molecule has 1 saturated heterocycles. The molecule has 0 atom stereocenters. The predicted molar refractivity (Wildman–Crippen MR) is 125 cm³/mol. The highest BCUT2D eigenvalue weighted by molar-refractivity contribution is 5.77. The lowest BCUT2D eigenvalue weighted by molar-refractivity contribution is -0.000878. The van der Waals surface area contributed by atoms with E-state index in [4.69, 9.17) is 9.72 Å². The van der Waals surface area contributed by atoms with Crippen molar-refractivity contribution in [3.63, 3.8) is 0 Å². The summed E-state index contributed by atoms with van der Waals surface area (Å²) in [6.07, 6.45) is 8.26. The van der Waals surface area contributed by atoms with E-state index in [0.29, 0.717) is 17.9 Å². The lowest BCUT2D eigenvalue weighted by atomic mass is 9.81. The van der Waals surface area contributed by atoms with Crippen LogP contribution in [0, 0.1) is 11.8 Å². The van der Waals surface area contributed by atoms with E-state index in [0.717, 1.165) is 54.6 Å². The summed E-state index contributed by atoms with van der Waals surface area (Å²) in [6.45, 7) is 7.35. The average Bonchev–Trinajstić information content (AvgIpc) is 3.17. The molecule has 0 spiro atoms. The molecule has 33 heavy (non-hydrogen) atoms. The fourth-order valence-corrected chi connectivity index (χ4v) is 4.57. The molecule has 3 heterocycles. The van der Waals surface area contributed by atoms with Gasteiger partial charge in [-0.25, -0.2) is 9.78 Å². The van der Waals surface area contributed by atoms with Crippen LogP contribution in [-0.4, -0.2) is 61.1 Å². The van der Waals surface area contributed by atoms with Gasteiger partial charge in [0.2, 0.25) is 0 Å². The Kier molecular flexibility index (Phi) is 5.56. The first-order chi connectivity index (χ1) is 15.8. The summed E-state index contributed by atoms with van der Waals surface area (Å²) in [5, 5.41) is 13.7. The zero-order valence-electron chi connectivity index (χ0n) is 19.4. The lowest BCUT2D eigenvalue weighted by Crippen LogP contribution is -2.52. The van der Waals surface area contributed by atoms with E-state index in [1.807, 2.05) is 43.9 Å². The minimum atomic E-state index is -0.465. The zero-order valence-corrected chi connectivity index (χ0v) is 19.4. The topological polar surface area (TPSA) is 93.4 Å². The fraction of sp³-hybridized carbons (Fsp3) is 0.520. The normalized spacial score (nSPS) is 21.0. The Morgan fingerprint density at radius 1 is 1.15 bits per heavy atom. The molecule has 2 aliphatic rings. The van der Waals surface area contributed by atoms with Gasteiger partial charge in [-0.2, -0.15) is 5.10 Å². The number of hydrogen-bond donors (Lipinski definition) is 1. The second-order valence-corrected chi connectivity index (χ2v) is 10.4. The number of likely N-dealkylation sites (tertiary alicyclic amines) is 1. The van der Waals surface area contributed by atoms with Gasteiger partial charge in [0.25, 0.3) is 0 Å². The third-order valence-corrected chi connectivity index (χ3v) is 6.48. The van der Waals surface area contributed by atoms with Crippen molar-refractivity contribution in [2.45, 2.75) is 51.7 Å². The molecule has 0 unspecified atom stereocenters. The number of carbonyl (C=O) groups is 1. The van der Waals surface area contributed by atoms with Crippen molar-refractivity contribution < 1.29 is 14.6 Å². The van der Waals surface area contributed by atoms with E-state index in [-0.39, 0.29) is 12.7 Å². The Balaban J connectivity index is 1.24. The van der Waals surface area contributed by atoms with Gasteiger partial charge in [-0.1, -0.05) is 6.07 Å². The SMILES string of the molecule is CC(C)(C)OC(=O)N1CC(Cc2ccc3ncc(-c4cnn(C5CC(CO)C5)c4)nc3c2)C1. The van der Waals surface area contributed by atoms with Crippen molar-refractivity contribution in [1.82, 2.24) is 24.6 Å². The number of fused-ring (bicyclic) bond motifs is 1. The van der Waals surface area contributed by atoms with Crippen LogP contribution in [0.1, 0.15) is 45.2 Å². The first-order valence-electron chi connectivity index (χ1n) is 11.7. The Bertz CT molecular complexity index is 1160. The lowest BCUT2D eigenvalue weighted by Gasteiger charge is -2.39. The van der Waals surface area contributed by atoms with Gasteiger partial charge >= 0.3 is 6.09 Å². The number of ether oxygens (including phenoxy) is 1. The number of aliphatic hydroxyl groups excluding tert-OH is 1. The molecule has 1 saturated carbocycles. The third kappa shape index (κ3) is 4.71. The predicted octanol–water partition coefficient (Wildman–Crippen LogP) is 3.85. The molecular weight excluding hydrogens is 418 g/mol. The Labute approximate surface area is 193 Å². The van der Waals surface area contributed by atoms with Crippen LogP contribution in [0.15, 0.2) is 36.8 Å². The maximum absolute atomic E-state index is 12.2. The average molecular weight is 450 g/mol. The second kappa shape index (κ2) is 8.41. The molecule has 2 fully saturated rings. The van der Waals surface area contributed by atoms with Crippen LogP contribution in [0.3, 0.4) is 0 Å². The molecule has 1 aliphatic carbocycles. The molecule has 1 aliphatic heterocycles. The molecule has 1 amide bonds. The van der Waals surface area contributed by atoms with E-state index in [2.05, 4.69) is 22.2 Å². The number of aliphatic hydroxyl groups is 1. The monoisotopic (exact) mass is 449 g/mol. The highest BCUT2D eigenvalue weighted by Gasteiger charge is 2.33. The largest absolute Gasteiger partial charge is 0.444 e. The molecule has 5 rings (SSSR count). The number of carbonyl (C=O) groups excluding carboxylic acids is 1. The van der Waals surface area contributed by atoms with E-state index in [9.17, 15) is 9.90 Å². The van der Waals surface area contributed by atoms with Crippen LogP contribution in [0.25, 0.3) is 22.3 Å². The van der Waals surface area contributed by atoms with Crippen LogP contribution in [0.2, 0.25) is 0 Å². The first-order valence-corrected chi connectivity index (χ1v) is 11.7. The van der Waals surface area contributed by atoms with Crippen molar-refractivity contribution in [3.8, 4) is 11.3 Å². The summed E-state index contributed by atoms with van der Waals surface area (Å²) in [5.41, 5.74) is 4.22. The van der Waals surface area contributed by atoms with Crippen LogP contribution in [-0.2, 0) is 11.2 Å². The van der Waals surface area contributed by atoms with Gasteiger partial charge in [-0.05, 0) is 69.6 Å². The fourth-order valence-electron chi connectivity index (χ4n) is 4.57. The number of nitrogens with zero attached hydrogens (tertiary/aromatic N) is 5. The van der Waals surface area contributed by atoms with Crippen molar-refractivity contribution in [2.24, 2.45) is 11.8 Å². The maximum atomic E-state index is 12.2. The van der Waals surface area contributed by atoms with Gasteiger partial charge in [0.1, 0.15) is 5.60 Å². The zero-order chi connectivity index (χ0) is 23.2. The summed E-state index contributed by atoms with van der Waals surface area (Å²) >= 11 is 0. The molecule has 8 heteroatoms. The van der Waals surface area contributed by atoms with Crippen LogP contribution in [0.4, 0.5) is 4.79 Å². The summed E-state index contributed by atoms with van der Waals surface area (Å²) < 4.78 is 7.42.